The van der Waals surface area contributed by atoms with E-state index in [-0.39, 0.29) is 5.56 Å². The zero-order valence-electron chi connectivity index (χ0n) is 14.9. The smallest absolute Gasteiger partial charge is 0.280 e. The topological polar surface area (TPSA) is 59.4 Å². The van der Waals surface area contributed by atoms with Crippen molar-refractivity contribution >= 4 is 17.0 Å². The molecule has 0 fully saturated rings. The van der Waals surface area contributed by atoms with E-state index in [0.29, 0.717) is 12.2 Å². The molecule has 0 saturated carbocycles. The van der Waals surface area contributed by atoms with Gasteiger partial charge in [-0.05, 0) is 35.4 Å². The number of aromatic amines is 1. The van der Waals surface area contributed by atoms with Crippen LogP contribution in [0.3, 0.4) is 0 Å². The van der Waals surface area contributed by atoms with Crippen molar-refractivity contribution in [3.05, 3.63) is 100.0 Å². The number of fused-ring (bicyclic) bond motifs is 1. The SMILES string of the molecule is Cc1[nH]n(-c2ccc3ccccc3c2)c(=O)c1/C=N/OCc1ccccc1. The van der Waals surface area contributed by atoms with Gasteiger partial charge in [0.1, 0.15) is 6.61 Å². The van der Waals surface area contributed by atoms with Gasteiger partial charge in [0, 0.05) is 5.69 Å². The molecule has 4 aromatic rings. The molecular weight excluding hydrogens is 338 g/mol. The Morgan fingerprint density at radius 1 is 1.00 bits per heavy atom. The maximum absolute atomic E-state index is 12.8. The van der Waals surface area contributed by atoms with Crippen molar-refractivity contribution in [3.8, 4) is 5.69 Å². The summed E-state index contributed by atoms with van der Waals surface area (Å²) in [5, 5.41) is 9.28. The van der Waals surface area contributed by atoms with Gasteiger partial charge < -0.3 is 4.84 Å². The minimum Gasteiger partial charge on any atom is -0.391 e. The summed E-state index contributed by atoms with van der Waals surface area (Å²) >= 11 is 0. The summed E-state index contributed by atoms with van der Waals surface area (Å²) in [5.74, 6) is 0. The van der Waals surface area contributed by atoms with Gasteiger partial charge in [-0.1, -0.05) is 65.8 Å². The molecule has 0 aliphatic carbocycles. The number of oxime groups is 1. The van der Waals surface area contributed by atoms with Crippen LogP contribution in [0.1, 0.15) is 16.8 Å². The molecule has 5 heteroatoms. The predicted molar refractivity (Wildman–Crippen MR) is 107 cm³/mol. The van der Waals surface area contributed by atoms with Gasteiger partial charge in [0.2, 0.25) is 0 Å². The predicted octanol–water partition coefficient (Wildman–Crippen LogP) is 4.18. The molecule has 0 saturated heterocycles. The average Bonchev–Trinajstić information content (AvgIpc) is 2.99. The summed E-state index contributed by atoms with van der Waals surface area (Å²) in [5.41, 5.74) is 2.87. The third-order valence-corrected chi connectivity index (χ3v) is 4.44. The molecule has 0 radical (unpaired) electrons. The molecule has 0 aliphatic heterocycles. The molecule has 0 unspecified atom stereocenters. The maximum Gasteiger partial charge on any atom is 0.280 e. The highest BCUT2D eigenvalue weighted by Crippen LogP contribution is 2.17. The summed E-state index contributed by atoms with van der Waals surface area (Å²) in [4.78, 5) is 18.1. The highest BCUT2D eigenvalue weighted by molar-refractivity contribution is 5.84. The Kier molecular flexibility index (Phi) is 4.58. The number of rotatable bonds is 5. The lowest BCUT2D eigenvalue weighted by molar-refractivity contribution is 0.132. The molecule has 0 bridgehead atoms. The van der Waals surface area contributed by atoms with Crippen LogP contribution in [0, 0.1) is 6.92 Å². The van der Waals surface area contributed by atoms with Crippen LogP contribution in [-0.2, 0) is 11.4 Å². The highest BCUT2D eigenvalue weighted by Gasteiger charge is 2.11. The highest BCUT2D eigenvalue weighted by atomic mass is 16.6. The number of hydrogen-bond donors (Lipinski definition) is 1. The molecule has 3 aromatic carbocycles. The average molecular weight is 357 g/mol. The molecule has 27 heavy (non-hydrogen) atoms. The lowest BCUT2D eigenvalue weighted by atomic mass is 10.1. The minimum absolute atomic E-state index is 0.158. The summed E-state index contributed by atoms with van der Waals surface area (Å²) < 4.78 is 1.53. The van der Waals surface area contributed by atoms with Gasteiger partial charge in [-0.2, -0.15) is 0 Å². The first-order chi connectivity index (χ1) is 13.2. The fraction of sp³-hybridized carbons (Fsp3) is 0.0909. The maximum atomic E-state index is 12.8. The fourth-order valence-corrected chi connectivity index (χ4v) is 2.99. The number of benzene rings is 3. The van der Waals surface area contributed by atoms with Gasteiger partial charge in [-0.25, -0.2) is 4.68 Å². The lowest BCUT2D eigenvalue weighted by Gasteiger charge is -2.03. The monoisotopic (exact) mass is 357 g/mol. The Balaban J connectivity index is 1.57. The van der Waals surface area contributed by atoms with E-state index < -0.39 is 0 Å². The first kappa shape index (κ1) is 16.8. The number of aromatic nitrogens is 2. The number of hydrogen-bond acceptors (Lipinski definition) is 3. The summed E-state index contributed by atoms with van der Waals surface area (Å²) in [6.07, 6.45) is 1.47. The first-order valence-electron chi connectivity index (χ1n) is 8.72. The van der Waals surface area contributed by atoms with Gasteiger partial charge in [-0.3, -0.25) is 9.89 Å². The minimum atomic E-state index is -0.158. The Morgan fingerprint density at radius 3 is 2.56 bits per heavy atom. The van der Waals surface area contributed by atoms with Crippen LogP contribution in [0.5, 0.6) is 0 Å². The summed E-state index contributed by atoms with van der Waals surface area (Å²) in [7, 11) is 0. The van der Waals surface area contributed by atoms with E-state index in [1.807, 2.05) is 79.7 Å². The number of nitrogens with one attached hydrogen (secondary N) is 1. The molecule has 1 N–H and O–H groups in total. The Hall–Kier alpha value is -3.60. The van der Waals surface area contributed by atoms with E-state index in [2.05, 4.69) is 10.3 Å². The van der Waals surface area contributed by atoms with Crippen molar-refractivity contribution in [2.45, 2.75) is 13.5 Å². The third kappa shape index (κ3) is 3.53. The molecular formula is C22H19N3O2. The van der Waals surface area contributed by atoms with E-state index in [4.69, 9.17) is 4.84 Å². The van der Waals surface area contributed by atoms with Gasteiger partial charge in [0.25, 0.3) is 5.56 Å². The standard InChI is InChI=1S/C22H19N3O2/c1-16-21(14-23-27-15-17-7-3-2-4-8-17)22(26)25(24-16)20-12-11-18-9-5-6-10-19(18)13-20/h2-14,24H,15H2,1H3/b23-14+. The molecule has 4 rings (SSSR count). The number of H-pyrrole nitrogens is 1. The summed E-state index contributed by atoms with van der Waals surface area (Å²) in [6, 6.07) is 23.7. The molecule has 0 aliphatic rings. The summed E-state index contributed by atoms with van der Waals surface area (Å²) in [6.45, 7) is 2.21. The van der Waals surface area contributed by atoms with Crippen molar-refractivity contribution in [1.82, 2.24) is 9.78 Å². The number of nitrogens with zero attached hydrogens (tertiary/aromatic N) is 2. The van der Waals surface area contributed by atoms with Gasteiger partial charge in [0.05, 0.1) is 17.5 Å². The van der Waals surface area contributed by atoms with Crippen molar-refractivity contribution in [1.29, 1.82) is 0 Å². The molecule has 5 nitrogen and oxygen atoms in total. The first-order valence-corrected chi connectivity index (χ1v) is 8.72. The molecule has 0 atom stereocenters. The van der Waals surface area contributed by atoms with Crippen LogP contribution >= 0.6 is 0 Å². The van der Waals surface area contributed by atoms with Crippen LogP contribution in [0.25, 0.3) is 16.5 Å². The van der Waals surface area contributed by atoms with Crippen LogP contribution in [0.15, 0.2) is 82.7 Å². The van der Waals surface area contributed by atoms with Gasteiger partial charge in [-0.15, -0.1) is 0 Å². The van der Waals surface area contributed by atoms with Gasteiger partial charge in [0.15, 0.2) is 0 Å². The van der Waals surface area contributed by atoms with E-state index >= 15 is 0 Å². The molecule has 0 amide bonds. The third-order valence-electron chi connectivity index (χ3n) is 4.44. The van der Waals surface area contributed by atoms with Crippen LogP contribution < -0.4 is 5.56 Å². The second-order valence-corrected chi connectivity index (χ2v) is 6.32. The second-order valence-electron chi connectivity index (χ2n) is 6.32. The van der Waals surface area contributed by atoms with E-state index in [0.717, 1.165) is 27.7 Å². The van der Waals surface area contributed by atoms with Crippen molar-refractivity contribution in [2.24, 2.45) is 5.16 Å². The Labute approximate surface area is 156 Å². The molecule has 1 aromatic heterocycles. The van der Waals surface area contributed by atoms with Crippen molar-refractivity contribution in [2.75, 3.05) is 0 Å². The largest absolute Gasteiger partial charge is 0.391 e. The Morgan fingerprint density at radius 2 is 1.74 bits per heavy atom. The molecule has 1 heterocycles. The van der Waals surface area contributed by atoms with Crippen LogP contribution in [0.2, 0.25) is 0 Å². The quantitative estimate of drug-likeness (QED) is 0.430. The van der Waals surface area contributed by atoms with E-state index in [1.54, 1.807) is 0 Å². The van der Waals surface area contributed by atoms with Crippen molar-refractivity contribution < 1.29 is 4.84 Å². The molecule has 134 valence electrons. The van der Waals surface area contributed by atoms with Crippen LogP contribution in [-0.4, -0.2) is 16.0 Å². The fourth-order valence-electron chi connectivity index (χ4n) is 2.99. The number of aryl methyl sites for hydroxylation is 1. The van der Waals surface area contributed by atoms with Crippen molar-refractivity contribution in [3.63, 3.8) is 0 Å². The van der Waals surface area contributed by atoms with E-state index in [1.165, 1.54) is 10.9 Å². The second kappa shape index (κ2) is 7.33. The molecule has 0 spiro atoms. The normalized spacial score (nSPS) is 11.3. The lowest BCUT2D eigenvalue weighted by Crippen LogP contribution is -2.17. The van der Waals surface area contributed by atoms with Crippen LogP contribution in [0.4, 0.5) is 0 Å². The zero-order valence-corrected chi connectivity index (χ0v) is 14.9. The van der Waals surface area contributed by atoms with E-state index in [9.17, 15) is 4.79 Å². The Bertz CT molecular complexity index is 1160. The zero-order chi connectivity index (χ0) is 18.6. The van der Waals surface area contributed by atoms with Gasteiger partial charge >= 0.3 is 0 Å².